The SMILES string of the molecule is N[C@H]1CC2CC1CN2. The molecule has 0 aromatic rings. The smallest absolute Gasteiger partial charge is 0.00946 e. The average molecular weight is 112 g/mol. The van der Waals surface area contributed by atoms with Crippen molar-refractivity contribution in [1.82, 2.24) is 5.32 Å². The summed E-state index contributed by atoms with van der Waals surface area (Å²) in [5.74, 6) is 0.806. The van der Waals surface area contributed by atoms with E-state index in [4.69, 9.17) is 5.73 Å². The highest BCUT2D eigenvalue weighted by atomic mass is 15.0. The molecule has 0 radical (unpaired) electrons. The van der Waals surface area contributed by atoms with Crippen LogP contribution < -0.4 is 11.1 Å². The largest absolute Gasteiger partial charge is 0.327 e. The Kier molecular flexibility index (Phi) is 0.866. The zero-order valence-electron chi connectivity index (χ0n) is 4.93. The molecule has 8 heavy (non-hydrogen) atoms. The van der Waals surface area contributed by atoms with Crippen LogP contribution in [-0.2, 0) is 0 Å². The minimum atomic E-state index is 0.515. The van der Waals surface area contributed by atoms with E-state index in [0.29, 0.717) is 6.04 Å². The van der Waals surface area contributed by atoms with Crippen LogP contribution in [0.4, 0.5) is 0 Å². The Balaban J connectivity index is 2.11. The Labute approximate surface area is 49.4 Å². The number of nitrogens with two attached hydrogens (primary N) is 1. The predicted molar refractivity (Wildman–Crippen MR) is 32.5 cm³/mol. The molecule has 1 aliphatic heterocycles. The van der Waals surface area contributed by atoms with Crippen LogP contribution in [0.3, 0.4) is 0 Å². The van der Waals surface area contributed by atoms with Crippen molar-refractivity contribution < 1.29 is 0 Å². The fourth-order valence-electron chi connectivity index (χ4n) is 1.88. The fourth-order valence-corrected chi connectivity index (χ4v) is 1.88. The van der Waals surface area contributed by atoms with Gasteiger partial charge in [0.25, 0.3) is 0 Å². The van der Waals surface area contributed by atoms with Gasteiger partial charge in [0.2, 0.25) is 0 Å². The molecule has 3 N–H and O–H groups in total. The third-order valence-electron chi connectivity index (χ3n) is 2.42. The number of hydrogen-bond acceptors (Lipinski definition) is 2. The van der Waals surface area contributed by atoms with Crippen molar-refractivity contribution in [3.05, 3.63) is 0 Å². The van der Waals surface area contributed by atoms with E-state index < -0.39 is 0 Å². The molecule has 0 amide bonds. The summed E-state index contributed by atoms with van der Waals surface area (Å²) in [6.07, 6.45) is 2.55. The summed E-state index contributed by atoms with van der Waals surface area (Å²) in [5.41, 5.74) is 5.78. The number of rotatable bonds is 0. The van der Waals surface area contributed by atoms with Gasteiger partial charge in [-0.3, -0.25) is 0 Å². The topological polar surface area (TPSA) is 38.0 Å². The Morgan fingerprint density at radius 1 is 1.38 bits per heavy atom. The van der Waals surface area contributed by atoms with E-state index in [9.17, 15) is 0 Å². The first kappa shape index (κ1) is 4.77. The molecule has 2 bridgehead atoms. The summed E-state index contributed by atoms with van der Waals surface area (Å²) in [4.78, 5) is 0. The van der Waals surface area contributed by atoms with Gasteiger partial charge < -0.3 is 11.1 Å². The van der Waals surface area contributed by atoms with Crippen molar-refractivity contribution in [2.45, 2.75) is 24.9 Å². The van der Waals surface area contributed by atoms with Crippen LogP contribution in [-0.4, -0.2) is 18.6 Å². The quantitative estimate of drug-likeness (QED) is 0.451. The van der Waals surface area contributed by atoms with Crippen molar-refractivity contribution in [1.29, 1.82) is 0 Å². The van der Waals surface area contributed by atoms with Crippen molar-refractivity contribution in [3.63, 3.8) is 0 Å². The minimum Gasteiger partial charge on any atom is -0.327 e. The molecule has 0 aromatic heterocycles. The number of piperidine rings is 1. The highest BCUT2D eigenvalue weighted by Gasteiger charge is 2.36. The lowest BCUT2D eigenvalue weighted by atomic mass is 10.1. The molecule has 1 heterocycles. The molecule has 1 saturated carbocycles. The van der Waals surface area contributed by atoms with Crippen molar-refractivity contribution in [2.24, 2.45) is 11.7 Å². The molecule has 1 saturated heterocycles. The zero-order chi connectivity index (χ0) is 5.56. The molecule has 46 valence electrons. The van der Waals surface area contributed by atoms with Gasteiger partial charge in [-0.15, -0.1) is 0 Å². The lowest BCUT2D eigenvalue weighted by Gasteiger charge is -2.16. The van der Waals surface area contributed by atoms with Gasteiger partial charge >= 0.3 is 0 Å². The van der Waals surface area contributed by atoms with Gasteiger partial charge in [-0.25, -0.2) is 0 Å². The minimum absolute atomic E-state index is 0.515. The van der Waals surface area contributed by atoms with Crippen LogP contribution in [0.15, 0.2) is 0 Å². The van der Waals surface area contributed by atoms with E-state index in [1.165, 1.54) is 19.4 Å². The summed E-state index contributed by atoms with van der Waals surface area (Å²) in [5, 5.41) is 3.41. The highest BCUT2D eigenvalue weighted by Crippen LogP contribution is 2.29. The summed E-state index contributed by atoms with van der Waals surface area (Å²) in [7, 11) is 0. The summed E-state index contributed by atoms with van der Waals surface area (Å²) in [6, 6.07) is 1.29. The third-order valence-corrected chi connectivity index (χ3v) is 2.42. The lowest BCUT2D eigenvalue weighted by molar-refractivity contribution is 0.439. The molecule has 2 fully saturated rings. The standard InChI is InChI=1S/C6H12N2/c7-6-2-5-1-4(6)3-8-5/h4-6,8H,1-3,7H2/t4?,5?,6-/m0/s1. The molecular weight excluding hydrogens is 100 g/mol. The molecule has 2 rings (SSSR count). The molecule has 2 unspecified atom stereocenters. The van der Waals surface area contributed by atoms with E-state index in [0.717, 1.165) is 12.0 Å². The van der Waals surface area contributed by atoms with Gasteiger partial charge in [0.15, 0.2) is 0 Å². The number of nitrogens with one attached hydrogen (secondary N) is 1. The summed E-state index contributed by atoms with van der Waals surface area (Å²) >= 11 is 0. The monoisotopic (exact) mass is 112 g/mol. The Morgan fingerprint density at radius 2 is 2.25 bits per heavy atom. The van der Waals surface area contributed by atoms with Crippen LogP contribution in [0, 0.1) is 5.92 Å². The maximum Gasteiger partial charge on any atom is 0.00946 e. The van der Waals surface area contributed by atoms with Gasteiger partial charge in [0, 0.05) is 12.1 Å². The van der Waals surface area contributed by atoms with E-state index in [-0.39, 0.29) is 0 Å². The number of hydrogen-bond donors (Lipinski definition) is 2. The van der Waals surface area contributed by atoms with E-state index in [2.05, 4.69) is 5.32 Å². The van der Waals surface area contributed by atoms with Crippen LogP contribution in [0.2, 0.25) is 0 Å². The molecular formula is C6H12N2. The first-order valence-corrected chi connectivity index (χ1v) is 3.35. The van der Waals surface area contributed by atoms with Gasteiger partial charge in [-0.05, 0) is 25.3 Å². The normalized spacial score (nSPS) is 52.9. The molecule has 0 spiro atoms. The van der Waals surface area contributed by atoms with Crippen molar-refractivity contribution >= 4 is 0 Å². The lowest BCUT2D eigenvalue weighted by Crippen LogP contribution is -2.37. The maximum absolute atomic E-state index is 5.78. The van der Waals surface area contributed by atoms with Gasteiger partial charge in [-0.1, -0.05) is 0 Å². The first-order chi connectivity index (χ1) is 3.86. The molecule has 2 nitrogen and oxygen atoms in total. The van der Waals surface area contributed by atoms with E-state index in [1.54, 1.807) is 0 Å². The van der Waals surface area contributed by atoms with Crippen LogP contribution in [0.1, 0.15) is 12.8 Å². The molecule has 3 atom stereocenters. The van der Waals surface area contributed by atoms with Crippen molar-refractivity contribution in [2.75, 3.05) is 6.54 Å². The zero-order valence-corrected chi connectivity index (χ0v) is 4.93. The van der Waals surface area contributed by atoms with Crippen LogP contribution in [0.25, 0.3) is 0 Å². The predicted octanol–water partition coefficient (Wildman–Crippen LogP) is -0.305. The Hall–Kier alpha value is -0.0800. The fraction of sp³-hybridized carbons (Fsp3) is 1.00. The van der Waals surface area contributed by atoms with Gasteiger partial charge in [0.1, 0.15) is 0 Å². The Morgan fingerprint density at radius 3 is 2.50 bits per heavy atom. The second-order valence-corrected chi connectivity index (χ2v) is 3.00. The first-order valence-electron chi connectivity index (χ1n) is 3.35. The van der Waals surface area contributed by atoms with Crippen LogP contribution >= 0.6 is 0 Å². The molecule has 1 aliphatic carbocycles. The van der Waals surface area contributed by atoms with Crippen molar-refractivity contribution in [3.8, 4) is 0 Å². The second-order valence-electron chi connectivity index (χ2n) is 3.00. The molecule has 0 aromatic carbocycles. The van der Waals surface area contributed by atoms with Crippen LogP contribution in [0.5, 0.6) is 0 Å². The number of fused-ring (bicyclic) bond motifs is 2. The second kappa shape index (κ2) is 1.45. The molecule has 2 heteroatoms. The summed E-state index contributed by atoms with van der Waals surface area (Å²) in [6.45, 7) is 1.17. The van der Waals surface area contributed by atoms with E-state index >= 15 is 0 Å². The van der Waals surface area contributed by atoms with E-state index in [1.807, 2.05) is 0 Å². The third kappa shape index (κ3) is 0.501. The summed E-state index contributed by atoms with van der Waals surface area (Å²) < 4.78 is 0. The molecule has 2 aliphatic rings. The van der Waals surface area contributed by atoms with Gasteiger partial charge in [-0.2, -0.15) is 0 Å². The Bertz CT molecular complexity index is 101. The maximum atomic E-state index is 5.78. The van der Waals surface area contributed by atoms with Gasteiger partial charge in [0.05, 0.1) is 0 Å². The highest BCUT2D eigenvalue weighted by molar-refractivity contribution is 4.96. The average Bonchev–Trinajstić information content (AvgIpc) is 2.23.